The summed E-state index contributed by atoms with van der Waals surface area (Å²) in [6.07, 6.45) is 0. The maximum absolute atomic E-state index is 13.7. The molecule has 8 heteroatoms. The third-order valence-corrected chi connectivity index (χ3v) is 6.86. The van der Waals surface area contributed by atoms with Crippen molar-refractivity contribution in [3.05, 3.63) is 94.6 Å². The van der Waals surface area contributed by atoms with Gasteiger partial charge in [0.05, 0.1) is 24.6 Å². The number of hydrogen-bond donors (Lipinski definition) is 1. The van der Waals surface area contributed by atoms with E-state index in [0.29, 0.717) is 41.8 Å². The molecule has 0 radical (unpaired) electrons. The zero-order valence-electron chi connectivity index (χ0n) is 21.2. The molecule has 37 heavy (non-hydrogen) atoms. The highest BCUT2D eigenvalue weighted by Gasteiger charge is 2.45. The molecule has 1 unspecified atom stereocenters. The lowest BCUT2D eigenvalue weighted by Crippen LogP contribution is -2.36. The van der Waals surface area contributed by atoms with Gasteiger partial charge in [0.1, 0.15) is 11.7 Å². The minimum Gasteiger partial charge on any atom is -0.503 e. The van der Waals surface area contributed by atoms with Crippen molar-refractivity contribution in [3.63, 3.8) is 0 Å². The first kappa shape index (κ1) is 24.6. The van der Waals surface area contributed by atoms with Crippen LogP contribution in [0.4, 0.5) is 11.4 Å². The predicted molar refractivity (Wildman–Crippen MR) is 141 cm³/mol. The van der Waals surface area contributed by atoms with Gasteiger partial charge in [0.2, 0.25) is 11.6 Å². The van der Waals surface area contributed by atoms with Crippen molar-refractivity contribution >= 4 is 22.9 Å². The summed E-state index contributed by atoms with van der Waals surface area (Å²) in [4.78, 5) is 30.9. The van der Waals surface area contributed by atoms with Crippen LogP contribution in [0.1, 0.15) is 53.1 Å². The molecule has 0 aliphatic carbocycles. The van der Waals surface area contributed by atoms with Gasteiger partial charge in [0, 0.05) is 30.0 Å². The van der Waals surface area contributed by atoms with E-state index in [1.54, 1.807) is 36.1 Å². The van der Waals surface area contributed by atoms with E-state index in [-0.39, 0.29) is 5.70 Å². The molecule has 3 aromatic rings. The van der Waals surface area contributed by atoms with Crippen molar-refractivity contribution in [1.82, 2.24) is 10.2 Å². The Morgan fingerprint density at radius 1 is 0.946 bits per heavy atom. The third kappa shape index (κ3) is 4.72. The first-order chi connectivity index (χ1) is 17.8. The van der Waals surface area contributed by atoms with E-state index in [1.165, 1.54) is 0 Å². The summed E-state index contributed by atoms with van der Waals surface area (Å²) in [5.74, 6) is -1.27. The second-order valence-electron chi connectivity index (χ2n) is 9.66. The number of Topliss-reactive ketones (excluding diaryl/α,β-unsaturated/α-hetero) is 2. The molecule has 1 N–H and O–H groups in total. The predicted octanol–water partition coefficient (Wildman–Crippen LogP) is 4.53. The fourth-order valence-electron chi connectivity index (χ4n) is 4.73. The Bertz CT molecular complexity index is 1330. The van der Waals surface area contributed by atoms with Crippen molar-refractivity contribution in [3.8, 4) is 0 Å². The number of carbonyl (C=O) groups is 2. The van der Waals surface area contributed by atoms with Crippen LogP contribution in [0.5, 0.6) is 0 Å². The number of allylic oxidation sites excluding steroid dienone is 1. The number of aryl methyl sites for hydroxylation is 1. The van der Waals surface area contributed by atoms with Gasteiger partial charge < -0.3 is 19.6 Å². The van der Waals surface area contributed by atoms with Crippen molar-refractivity contribution in [2.45, 2.75) is 32.7 Å². The van der Waals surface area contributed by atoms with Gasteiger partial charge in [-0.1, -0.05) is 38.1 Å². The summed E-state index contributed by atoms with van der Waals surface area (Å²) >= 11 is 0. The van der Waals surface area contributed by atoms with Crippen molar-refractivity contribution in [2.24, 2.45) is 0 Å². The molecule has 0 amide bonds. The number of rotatable bonds is 6. The summed E-state index contributed by atoms with van der Waals surface area (Å²) in [6.45, 7) is 8.89. The highest BCUT2D eigenvalue weighted by Crippen LogP contribution is 2.40. The number of aromatic nitrogens is 2. The molecule has 0 bridgehead atoms. The molecule has 1 atom stereocenters. The van der Waals surface area contributed by atoms with E-state index in [2.05, 4.69) is 28.9 Å². The Morgan fingerprint density at radius 3 is 2.19 bits per heavy atom. The molecule has 5 rings (SSSR count). The Balaban J connectivity index is 1.56. The van der Waals surface area contributed by atoms with E-state index in [1.807, 2.05) is 36.4 Å². The highest BCUT2D eigenvalue weighted by molar-refractivity contribution is 6.20. The zero-order chi connectivity index (χ0) is 26.1. The first-order valence-electron chi connectivity index (χ1n) is 12.5. The molecule has 0 spiro atoms. The van der Waals surface area contributed by atoms with Crippen LogP contribution in [0.2, 0.25) is 0 Å². The normalized spacial score (nSPS) is 18.2. The SMILES string of the molecule is Cc1ccc(C2C(=O)C(O)=C(C(=O)c3ccc(C(C)C)cc3)N2c2ccc(N3CCOCC3)cc2)nn1. The first-order valence-corrected chi connectivity index (χ1v) is 12.5. The van der Waals surface area contributed by atoms with Crippen molar-refractivity contribution < 1.29 is 19.4 Å². The number of nitrogens with zero attached hydrogens (tertiary/aromatic N) is 4. The molecule has 2 aliphatic rings. The van der Waals surface area contributed by atoms with Gasteiger partial charge in [-0.25, -0.2) is 0 Å². The van der Waals surface area contributed by atoms with Crippen LogP contribution < -0.4 is 9.80 Å². The van der Waals surface area contributed by atoms with Crippen LogP contribution in [0.3, 0.4) is 0 Å². The summed E-state index contributed by atoms with van der Waals surface area (Å²) in [6, 6.07) is 17.4. The minimum atomic E-state index is -1.00. The molecular weight excluding hydrogens is 468 g/mol. The standard InChI is InChI=1S/C29H30N4O4/c1-18(2)20-5-7-21(8-6-20)27(34)26-29(36)28(35)25(24-13-4-19(3)30-31-24)33(26)23-11-9-22(10-12-23)32-14-16-37-17-15-32/h4-13,18,25,36H,14-17H2,1-3H3. The maximum atomic E-state index is 13.7. The number of hydrogen-bond acceptors (Lipinski definition) is 8. The van der Waals surface area contributed by atoms with Gasteiger partial charge in [0.25, 0.3) is 0 Å². The summed E-state index contributed by atoms with van der Waals surface area (Å²) in [5, 5.41) is 19.3. The van der Waals surface area contributed by atoms with Crippen molar-refractivity contribution in [1.29, 1.82) is 0 Å². The molecule has 190 valence electrons. The average Bonchev–Trinajstić information content (AvgIpc) is 3.19. The number of carbonyl (C=O) groups excluding carboxylic acids is 2. The van der Waals surface area contributed by atoms with Gasteiger partial charge in [-0.2, -0.15) is 10.2 Å². The number of morpholine rings is 1. The fraction of sp³-hybridized carbons (Fsp3) is 0.310. The number of ether oxygens (including phenoxy) is 1. The average molecular weight is 499 g/mol. The van der Waals surface area contributed by atoms with Crippen LogP contribution in [0.15, 0.2) is 72.1 Å². The van der Waals surface area contributed by atoms with E-state index in [0.717, 1.165) is 24.3 Å². The highest BCUT2D eigenvalue weighted by atomic mass is 16.5. The van der Waals surface area contributed by atoms with E-state index in [9.17, 15) is 14.7 Å². The fourth-order valence-corrected chi connectivity index (χ4v) is 4.73. The smallest absolute Gasteiger partial charge is 0.228 e. The molecule has 0 saturated carbocycles. The topological polar surface area (TPSA) is 95.9 Å². The lowest BCUT2D eigenvalue weighted by Gasteiger charge is -2.30. The number of aliphatic hydroxyl groups excluding tert-OH is 1. The van der Waals surface area contributed by atoms with Crippen molar-refractivity contribution in [2.75, 3.05) is 36.1 Å². The van der Waals surface area contributed by atoms with Gasteiger partial charge >= 0.3 is 0 Å². The van der Waals surface area contributed by atoms with Gasteiger partial charge in [-0.05, 0) is 54.8 Å². The third-order valence-electron chi connectivity index (χ3n) is 6.86. The van der Waals surface area contributed by atoms with Crippen LogP contribution in [-0.4, -0.2) is 53.2 Å². The molecule has 3 heterocycles. The van der Waals surface area contributed by atoms with Crippen LogP contribution in [0.25, 0.3) is 0 Å². The number of benzene rings is 2. The zero-order valence-corrected chi connectivity index (χ0v) is 21.2. The van der Waals surface area contributed by atoms with E-state index in [4.69, 9.17) is 4.74 Å². The molecule has 1 aromatic heterocycles. The van der Waals surface area contributed by atoms with Crippen LogP contribution in [0, 0.1) is 6.92 Å². The van der Waals surface area contributed by atoms with E-state index < -0.39 is 23.4 Å². The number of ketones is 2. The molecular formula is C29H30N4O4. The maximum Gasteiger partial charge on any atom is 0.228 e. The second kappa shape index (κ2) is 10.1. The Hall–Kier alpha value is -4.04. The van der Waals surface area contributed by atoms with Crippen LogP contribution >= 0.6 is 0 Å². The largest absolute Gasteiger partial charge is 0.503 e. The lowest BCUT2D eigenvalue weighted by molar-refractivity contribution is -0.118. The van der Waals surface area contributed by atoms with Gasteiger partial charge in [-0.3, -0.25) is 9.59 Å². The monoisotopic (exact) mass is 498 g/mol. The Kier molecular flexibility index (Phi) is 6.76. The molecule has 1 saturated heterocycles. The summed E-state index contributed by atoms with van der Waals surface area (Å²) in [7, 11) is 0. The molecule has 8 nitrogen and oxygen atoms in total. The summed E-state index contributed by atoms with van der Waals surface area (Å²) in [5.41, 5.74) is 4.11. The summed E-state index contributed by atoms with van der Waals surface area (Å²) < 4.78 is 5.45. The van der Waals surface area contributed by atoms with Crippen LogP contribution in [-0.2, 0) is 9.53 Å². The lowest BCUT2D eigenvalue weighted by atomic mass is 9.99. The minimum absolute atomic E-state index is 0.0613. The second-order valence-corrected chi connectivity index (χ2v) is 9.66. The Morgan fingerprint density at radius 2 is 1.59 bits per heavy atom. The quantitative estimate of drug-likeness (QED) is 0.496. The van der Waals surface area contributed by atoms with Gasteiger partial charge in [0.15, 0.2) is 5.76 Å². The molecule has 2 aromatic carbocycles. The number of anilines is 2. The molecule has 1 fully saturated rings. The number of aliphatic hydroxyl groups is 1. The Labute approximate surface area is 216 Å². The molecule has 2 aliphatic heterocycles. The van der Waals surface area contributed by atoms with E-state index >= 15 is 0 Å². The van der Waals surface area contributed by atoms with Gasteiger partial charge in [-0.15, -0.1) is 0 Å².